The van der Waals surface area contributed by atoms with Gasteiger partial charge in [0.1, 0.15) is 4.47 Å². The van der Waals surface area contributed by atoms with Crippen molar-refractivity contribution in [3.63, 3.8) is 0 Å². The van der Waals surface area contributed by atoms with Crippen molar-refractivity contribution in [3.05, 3.63) is 21.0 Å². The van der Waals surface area contributed by atoms with Crippen molar-refractivity contribution in [1.29, 1.82) is 0 Å². The molecule has 1 aromatic rings. The second-order valence-corrected chi connectivity index (χ2v) is 6.32. The minimum absolute atomic E-state index is 0.0441. The van der Waals surface area contributed by atoms with Gasteiger partial charge in [-0.3, -0.25) is 4.79 Å². The van der Waals surface area contributed by atoms with Crippen LogP contribution in [-0.2, 0) is 6.54 Å². The van der Waals surface area contributed by atoms with Crippen LogP contribution < -0.4 is 15.8 Å². The second-order valence-electron chi connectivity index (χ2n) is 5.53. The molecule has 0 unspecified atom stereocenters. The van der Waals surface area contributed by atoms with Crippen LogP contribution in [0.2, 0.25) is 0 Å². The fourth-order valence-corrected chi connectivity index (χ4v) is 2.86. The molecule has 2 rings (SSSR count). The molecule has 1 aliphatic rings. The average molecular weight is 329 g/mol. The molecule has 5 nitrogen and oxygen atoms in total. The maximum atomic E-state index is 12.3. The van der Waals surface area contributed by atoms with E-state index in [-0.39, 0.29) is 5.56 Å². The number of hydrogen-bond acceptors (Lipinski definition) is 4. The topological polar surface area (TPSA) is 50.2 Å². The lowest BCUT2D eigenvalue weighted by molar-refractivity contribution is 0.457. The van der Waals surface area contributed by atoms with Crippen molar-refractivity contribution in [2.45, 2.75) is 33.4 Å². The molecular formula is C13H21BrN4O. The van der Waals surface area contributed by atoms with Gasteiger partial charge in [0.2, 0.25) is 0 Å². The molecule has 0 saturated carbocycles. The zero-order valence-corrected chi connectivity index (χ0v) is 13.3. The lowest BCUT2D eigenvalue weighted by atomic mass is 10.2. The summed E-state index contributed by atoms with van der Waals surface area (Å²) in [5.41, 5.74) is 0.857. The largest absolute Gasteiger partial charge is 0.366 e. The average Bonchev–Trinajstić information content (AvgIpc) is 2.35. The molecule has 6 heteroatoms. The second kappa shape index (κ2) is 6.05. The molecule has 1 aromatic heterocycles. The fourth-order valence-electron chi connectivity index (χ4n) is 2.30. The van der Waals surface area contributed by atoms with E-state index in [1.165, 1.54) is 4.68 Å². The molecule has 1 saturated heterocycles. The minimum atomic E-state index is -0.0441. The van der Waals surface area contributed by atoms with Gasteiger partial charge in [-0.15, -0.1) is 0 Å². The summed E-state index contributed by atoms with van der Waals surface area (Å²) in [4.78, 5) is 14.5. The lowest BCUT2D eigenvalue weighted by Gasteiger charge is -2.33. The molecular weight excluding hydrogens is 308 g/mol. The van der Waals surface area contributed by atoms with Crippen LogP contribution in [0.1, 0.15) is 20.8 Å². The molecule has 2 heterocycles. The number of rotatable bonds is 3. The van der Waals surface area contributed by atoms with Gasteiger partial charge in [0.05, 0.1) is 11.9 Å². The van der Waals surface area contributed by atoms with E-state index >= 15 is 0 Å². The Morgan fingerprint density at radius 2 is 2.32 bits per heavy atom. The highest BCUT2D eigenvalue weighted by molar-refractivity contribution is 9.10. The van der Waals surface area contributed by atoms with Crippen molar-refractivity contribution in [1.82, 2.24) is 15.1 Å². The van der Waals surface area contributed by atoms with Gasteiger partial charge in [-0.1, -0.05) is 13.8 Å². The van der Waals surface area contributed by atoms with Crippen molar-refractivity contribution in [3.8, 4) is 0 Å². The van der Waals surface area contributed by atoms with Gasteiger partial charge in [0, 0.05) is 32.2 Å². The number of anilines is 1. The van der Waals surface area contributed by atoms with Crippen LogP contribution in [0.5, 0.6) is 0 Å². The molecule has 0 radical (unpaired) electrons. The number of nitrogens with one attached hydrogen (secondary N) is 1. The zero-order valence-electron chi connectivity index (χ0n) is 11.7. The smallest absolute Gasteiger partial charge is 0.283 e. The summed E-state index contributed by atoms with van der Waals surface area (Å²) in [6, 6.07) is 0.429. The first-order valence-electron chi connectivity index (χ1n) is 6.73. The Hall–Kier alpha value is -0.880. The monoisotopic (exact) mass is 328 g/mol. The number of aromatic nitrogens is 2. The summed E-state index contributed by atoms with van der Waals surface area (Å²) in [5.74, 6) is 0.405. The Morgan fingerprint density at radius 3 is 2.95 bits per heavy atom. The quantitative estimate of drug-likeness (QED) is 0.912. The van der Waals surface area contributed by atoms with Gasteiger partial charge in [0.25, 0.3) is 5.56 Å². The Bertz CT molecular complexity index is 500. The van der Waals surface area contributed by atoms with E-state index in [0.29, 0.717) is 23.0 Å². The summed E-state index contributed by atoms with van der Waals surface area (Å²) in [7, 11) is 0. The van der Waals surface area contributed by atoms with E-state index in [1.807, 2.05) is 0 Å². The van der Waals surface area contributed by atoms with Crippen LogP contribution >= 0.6 is 15.9 Å². The molecule has 1 N–H and O–H groups in total. The molecule has 0 aromatic carbocycles. The maximum absolute atomic E-state index is 12.3. The molecule has 19 heavy (non-hydrogen) atoms. The van der Waals surface area contributed by atoms with E-state index in [9.17, 15) is 4.79 Å². The predicted molar refractivity (Wildman–Crippen MR) is 80.7 cm³/mol. The highest BCUT2D eigenvalue weighted by Crippen LogP contribution is 2.22. The summed E-state index contributed by atoms with van der Waals surface area (Å²) in [6.07, 6.45) is 1.80. The summed E-state index contributed by atoms with van der Waals surface area (Å²) < 4.78 is 2.15. The first kappa shape index (κ1) is 14.5. The van der Waals surface area contributed by atoms with E-state index in [0.717, 1.165) is 25.3 Å². The molecule has 0 bridgehead atoms. The standard InChI is InChI=1S/C13H21BrN4O/c1-9(2)7-18-13(19)12(14)11(6-16-18)17-5-4-15-10(3)8-17/h6,9-10,15H,4-5,7-8H2,1-3H3/t10-/m0/s1. The Kier molecular flexibility index (Phi) is 4.62. The Morgan fingerprint density at radius 1 is 1.58 bits per heavy atom. The predicted octanol–water partition coefficient (Wildman–Crippen LogP) is 1.46. The molecule has 1 fully saturated rings. The molecule has 0 spiro atoms. The van der Waals surface area contributed by atoms with Crippen molar-refractivity contribution >= 4 is 21.6 Å². The highest BCUT2D eigenvalue weighted by atomic mass is 79.9. The number of piperazine rings is 1. The third-order valence-corrected chi connectivity index (χ3v) is 3.96. The zero-order chi connectivity index (χ0) is 14.0. The number of hydrogen-bond donors (Lipinski definition) is 1. The van der Waals surface area contributed by atoms with E-state index in [1.54, 1.807) is 6.20 Å². The Balaban J connectivity index is 2.28. The van der Waals surface area contributed by atoms with Crippen LogP contribution in [0.15, 0.2) is 15.5 Å². The van der Waals surface area contributed by atoms with Crippen LogP contribution in [-0.4, -0.2) is 35.5 Å². The van der Waals surface area contributed by atoms with Gasteiger partial charge >= 0.3 is 0 Å². The summed E-state index contributed by atoms with van der Waals surface area (Å²) in [5, 5.41) is 7.68. The van der Waals surface area contributed by atoms with Crippen LogP contribution in [0.25, 0.3) is 0 Å². The van der Waals surface area contributed by atoms with Gasteiger partial charge in [-0.05, 0) is 28.8 Å². The van der Waals surface area contributed by atoms with Crippen molar-refractivity contribution in [2.24, 2.45) is 5.92 Å². The van der Waals surface area contributed by atoms with Crippen LogP contribution in [0.3, 0.4) is 0 Å². The maximum Gasteiger partial charge on any atom is 0.283 e. The Labute approximate surface area is 122 Å². The molecule has 0 aliphatic carbocycles. The number of nitrogens with zero attached hydrogens (tertiary/aromatic N) is 3. The van der Waals surface area contributed by atoms with Crippen LogP contribution in [0, 0.1) is 5.92 Å². The van der Waals surface area contributed by atoms with Gasteiger partial charge in [-0.2, -0.15) is 5.10 Å². The molecule has 1 atom stereocenters. The molecule has 1 aliphatic heterocycles. The highest BCUT2D eigenvalue weighted by Gasteiger charge is 2.20. The van der Waals surface area contributed by atoms with Gasteiger partial charge < -0.3 is 10.2 Å². The van der Waals surface area contributed by atoms with Crippen LogP contribution in [0.4, 0.5) is 5.69 Å². The van der Waals surface area contributed by atoms with Crippen molar-refractivity contribution < 1.29 is 0 Å². The van der Waals surface area contributed by atoms with E-state index < -0.39 is 0 Å². The minimum Gasteiger partial charge on any atom is -0.366 e. The van der Waals surface area contributed by atoms with E-state index in [4.69, 9.17) is 0 Å². The first-order valence-corrected chi connectivity index (χ1v) is 7.52. The third-order valence-electron chi connectivity index (χ3n) is 3.21. The SMILES string of the molecule is CC(C)Cn1ncc(N2CCN[C@@H](C)C2)c(Br)c1=O. The van der Waals surface area contributed by atoms with Gasteiger partial charge in [0.15, 0.2) is 0 Å². The fraction of sp³-hybridized carbons (Fsp3) is 0.692. The third kappa shape index (κ3) is 3.36. The normalized spacial score (nSPS) is 20.1. The molecule has 106 valence electrons. The molecule has 0 amide bonds. The summed E-state index contributed by atoms with van der Waals surface area (Å²) in [6.45, 7) is 9.68. The first-order chi connectivity index (χ1) is 8.99. The van der Waals surface area contributed by atoms with Crippen molar-refractivity contribution in [2.75, 3.05) is 24.5 Å². The number of halogens is 1. The van der Waals surface area contributed by atoms with Gasteiger partial charge in [-0.25, -0.2) is 4.68 Å². The summed E-state index contributed by atoms with van der Waals surface area (Å²) >= 11 is 3.44. The lowest BCUT2D eigenvalue weighted by Crippen LogP contribution is -2.49. The van der Waals surface area contributed by atoms with E-state index in [2.05, 4.69) is 52.0 Å².